The molecule has 18 heavy (non-hydrogen) atoms. The van der Waals surface area contributed by atoms with E-state index in [0.717, 1.165) is 18.5 Å². The molecule has 1 aliphatic rings. The standard InChI is InChI=1S/C14H18N2O2/c1-5-18-13(17)11-6-10-7-14(2,3)8-12(10)16(11)9-15-4/h6H,5,7-9H2,1-3H3. The summed E-state index contributed by atoms with van der Waals surface area (Å²) in [7, 11) is 0. The van der Waals surface area contributed by atoms with E-state index in [-0.39, 0.29) is 18.1 Å². The van der Waals surface area contributed by atoms with E-state index in [0.29, 0.717) is 12.3 Å². The molecule has 96 valence electrons. The van der Waals surface area contributed by atoms with E-state index in [4.69, 9.17) is 11.3 Å². The van der Waals surface area contributed by atoms with Crippen molar-refractivity contribution in [2.75, 3.05) is 6.61 Å². The summed E-state index contributed by atoms with van der Waals surface area (Å²) in [4.78, 5) is 15.3. The molecule has 0 saturated heterocycles. The monoisotopic (exact) mass is 246 g/mol. The third-order valence-corrected chi connectivity index (χ3v) is 3.31. The van der Waals surface area contributed by atoms with E-state index in [1.165, 1.54) is 5.56 Å². The molecule has 1 heterocycles. The molecule has 1 aromatic heterocycles. The minimum atomic E-state index is -0.326. The zero-order valence-electron chi connectivity index (χ0n) is 11.1. The Morgan fingerprint density at radius 2 is 2.28 bits per heavy atom. The molecule has 0 amide bonds. The molecular weight excluding hydrogens is 228 g/mol. The predicted octanol–water partition coefficient (Wildman–Crippen LogP) is 2.67. The van der Waals surface area contributed by atoms with Crippen molar-refractivity contribution < 1.29 is 9.53 Å². The van der Waals surface area contributed by atoms with E-state index in [1.54, 1.807) is 6.92 Å². The fourth-order valence-corrected chi connectivity index (χ4v) is 2.64. The minimum absolute atomic E-state index is 0.194. The highest BCUT2D eigenvalue weighted by Crippen LogP contribution is 2.38. The van der Waals surface area contributed by atoms with Crippen molar-refractivity contribution in [3.8, 4) is 0 Å². The molecule has 0 bridgehead atoms. The van der Waals surface area contributed by atoms with Gasteiger partial charge >= 0.3 is 5.97 Å². The molecule has 4 heteroatoms. The highest BCUT2D eigenvalue weighted by Gasteiger charge is 2.34. The van der Waals surface area contributed by atoms with Gasteiger partial charge in [-0.25, -0.2) is 11.4 Å². The van der Waals surface area contributed by atoms with E-state index in [9.17, 15) is 4.79 Å². The Kier molecular flexibility index (Phi) is 3.16. The Bertz CT molecular complexity index is 521. The molecule has 0 unspecified atom stereocenters. The Morgan fingerprint density at radius 3 is 2.89 bits per heavy atom. The van der Waals surface area contributed by atoms with Gasteiger partial charge in [-0.2, -0.15) is 0 Å². The Morgan fingerprint density at radius 1 is 1.56 bits per heavy atom. The van der Waals surface area contributed by atoms with Crippen molar-refractivity contribution in [2.45, 2.75) is 40.3 Å². The fourth-order valence-electron chi connectivity index (χ4n) is 2.64. The van der Waals surface area contributed by atoms with Gasteiger partial charge in [0.05, 0.1) is 6.61 Å². The van der Waals surface area contributed by atoms with Gasteiger partial charge in [-0.05, 0) is 36.8 Å². The number of esters is 1. The maximum atomic E-state index is 11.9. The maximum absolute atomic E-state index is 11.9. The van der Waals surface area contributed by atoms with E-state index in [1.807, 2.05) is 10.6 Å². The fraction of sp³-hybridized carbons (Fsp3) is 0.571. The van der Waals surface area contributed by atoms with Crippen molar-refractivity contribution in [3.05, 3.63) is 34.4 Å². The molecule has 4 nitrogen and oxygen atoms in total. The lowest BCUT2D eigenvalue weighted by atomic mass is 9.90. The largest absolute Gasteiger partial charge is 0.461 e. The molecule has 0 spiro atoms. The van der Waals surface area contributed by atoms with Crippen LogP contribution in [0, 0.1) is 12.0 Å². The number of ether oxygens (including phenoxy) is 1. The van der Waals surface area contributed by atoms with Gasteiger partial charge in [0.1, 0.15) is 5.69 Å². The van der Waals surface area contributed by atoms with Gasteiger partial charge in [-0.1, -0.05) is 13.8 Å². The number of hydrogen-bond donors (Lipinski definition) is 0. The number of nitrogens with zero attached hydrogens (tertiary/aromatic N) is 2. The van der Waals surface area contributed by atoms with Crippen LogP contribution in [0.2, 0.25) is 0 Å². The summed E-state index contributed by atoms with van der Waals surface area (Å²) < 4.78 is 6.86. The third kappa shape index (κ3) is 2.13. The zero-order valence-corrected chi connectivity index (χ0v) is 11.1. The highest BCUT2D eigenvalue weighted by atomic mass is 16.5. The van der Waals surface area contributed by atoms with E-state index < -0.39 is 0 Å². The summed E-state index contributed by atoms with van der Waals surface area (Å²) in [6, 6.07) is 1.90. The summed E-state index contributed by atoms with van der Waals surface area (Å²) >= 11 is 0. The van der Waals surface area contributed by atoms with Gasteiger partial charge in [0.2, 0.25) is 0 Å². The van der Waals surface area contributed by atoms with Gasteiger partial charge in [0, 0.05) is 5.69 Å². The molecule has 1 aliphatic carbocycles. The van der Waals surface area contributed by atoms with Crippen LogP contribution in [0.5, 0.6) is 0 Å². The number of aromatic nitrogens is 1. The topological polar surface area (TPSA) is 35.6 Å². The Hall–Kier alpha value is -1.76. The summed E-state index contributed by atoms with van der Waals surface area (Å²) in [5, 5.41) is 0. The van der Waals surface area contributed by atoms with Crippen LogP contribution in [0.1, 0.15) is 42.5 Å². The molecule has 1 aromatic rings. The van der Waals surface area contributed by atoms with Crippen LogP contribution < -0.4 is 0 Å². The van der Waals surface area contributed by atoms with Crippen molar-refractivity contribution in [1.82, 2.24) is 4.57 Å². The van der Waals surface area contributed by atoms with Crippen LogP contribution in [0.15, 0.2) is 6.07 Å². The number of carbonyl (C=O) groups is 1. The number of hydrogen-bond acceptors (Lipinski definition) is 2. The Labute approximate surface area is 107 Å². The first-order chi connectivity index (χ1) is 8.48. The second kappa shape index (κ2) is 4.49. The van der Waals surface area contributed by atoms with Crippen LogP contribution in [0.4, 0.5) is 0 Å². The van der Waals surface area contributed by atoms with Gasteiger partial charge in [-0.3, -0.25) is 9.41 Å². The molecule has 2 rings (SSSR count). The molecule has 0 radical (unpaired) electrons. The quantitative estimate of drug-likeness (QED) is 0.607. The van der Waals surface area contributed by atoms with Crippen molar-refractivity contribution >= 4 is 5.97 Å². The average Bonchev–Trinajstić information content (AvgIpc) is 2.73. The molecule has 0 fully saturated rings. The first-order valence-corrected chi connectivity index (χ1v) is 6.20. The van der Waals surface area contributed by atoms with E-state index in [2.05, 4.69) is 18.7 Å². The lowest BCUT2D eigenvalue weighted by Crippen LogP contribution is -2.16. The number of fused-ring (bicyclic) bond motifs is 1. The summed E-state index contributed by atoms with van der Waals surface area (Å²) in [6.07, 6.45) is 1.87. The number of carbonyl (C=O) groups excluding carboxylic acids is 1. The van der Waals surface area contributed by atoms with Crippen LogP contribution in [-0.4, -0.2) is 17.1 Å². The molecular formula is C14H18N2O2. The van der Waals surface area contributed by atoms with Gasteiger partial charge in [0.15, 0.2) is 0 Å². The maximum Gasteiger partial charge on any atom is 0.355 e. The van der Waals surface area contributed by atoms with Crippen LogP contribution in [0.25, 0.3) is 4.85 Å². The molecule has 0 N–H and O–H groups in total. The van der Waals surface area contributed by atoms with Crippen LogP contribution >= 0.6 is 0 Å². The van der Waals surface area contributed by atoms with Gasteiger partial charge in [0.25, 0.3) is 6.67 Å². The first kappa shape index (κ1) is 12.7. The minimum Gasteiger partial charge on any atom is -0.461 e. The number of rotatable bonds is 3. The lowest BCUT2D eigenvalue weighted by Gasteiger charge is -2.16. The second-order valence-corrected chi connectivity index (χ2v) is 5.47. The van der Waals surface area contributed by atoms with Crippen molar-refractivity contribution in [1.29, 1.82) is 0 Å². The zero-order chi connectivity index (χ0) is 13.3. The normalized spacial score (nSPS) is 16.1. The average molecular weight is 246 g/mol. The van der Waals surface area contributed by atoms with Gasteiger partial charge in [-0.15, -0.1) is 0 Å². The smallest absolute Gasteiger partial charge is 0.355 e. The summed E-state index contributed by atoms with van der Waals surface area (Å²) in [6.45, 7) is 13.8. The predicted molar refractivity (Wildman–Crippen MR) is 68.2 cm³/mol. The Balaban J connectivity index is 2.40. The third-order valence-electron chi connectivity index (χ3n) is 3.31. The van der Waals surface area contributed by atoms with Crippen molar-refractivity contribution in [2.24, 2.45) is 5.41 Å². The summed E-state index contributed by atoms with van der Waals surface area (Å²) in [5.74, 6) is -0.326. The summed E-state index contributed by atoms with van der Waals surface area (Å²) in [5.41, 5.74) is 3.06. The molecule has 0 saturated carbocycles. The molecule has 0 atom stereocenters. The molecule has 0 aliphatic heterocycles. The SMILES string of the molecule is [C-]#[N+]Cn1c(C(=O)OCC)cc2c1CC(C)(C)C2. The molecule has 0 aromatic carbocycles. The van der Waals surface area contributed by atoms with Crippen molar-refractivity contribution in [3.63, 3.8) is 0 Å². The van der Waals surface area contributed by atoms with Crippen LogP contribution in [0.3, 0.4) is 0 Å². The second-order valence-electron chi connectivity index (χ2n) is 5.47. The van der Waals surface area contributed by atoms with E-state index >= 15 is 0 Å². The van der Waals surface area contributed by atoms with Gasteiger partial charge < -0.3 is 4.74 Å². The lowest BCUT2D eigenvalue weighted by molar-refractivity contribution is 0.0513. The van der Waals surface area contributed by atoms with Crippen LogP contribution in [-0.2, 0) is 24.2 Å². The highest BCUT2D eigenvalue weighted by molar-refractivity contribution is 5.88. The first-order valence-electron chi connectivity index (χ1n) is 6.20.